The molecule has 3 aromatic carbocycles. The molecule has 1 amide bonds. The summed E-state index contributed by atoms with van der Waals surface area (Å²) in [7, 11) is 0. The first-order valence-corrected chi connectivity index (χ1v) is 9.54. The zero-order valence-corrected chi connectivity index (χ0v) is 16.5. The van der Waals surface area contributed by atoms with Crippen LogP contribution in [0.25, 0.3) is 22.2 Å². The molecule has 4 rings (SSSR count). The second kappa shape index (κ2) is 8.25. The number of pyridine rings is 1. The second-order valence-corrected chi connectivity index (χ2v) is 7.13. The van der Waals surface area contributed by atoms with E-state index < -0.39 is 0 Å². The number of carbonyl (C=O) groups is 1. The zero-order chi connectivity index (χ0) is 20.2. The first-order valence-electron chi connectivity index (χ1n) is 9.16. The van der Waals surface area contributed by atoms with Gasteiger partial charge in [0.1, 0.15) is 0 Å². The van der Waals surface area contributed by atoms with E-state index in [4.69, 9.17) is 16.6 Å². The number of carbonyl (C=O) groups excluding carboxylic acids is 1. The summed E-state index contributed by atoms with van der Waals surface area (Å²) in [6, 6.07) is 24.6. The summed E-state index contributed by atoms with van der Waals surface area (Å²) in [4.78, 5) is 17.6. The molecule has 4 nitrogen and oxygen atoms in total. The molecule has 0 radical (unpaired) electrons. The van der Waals surface area contributed by atoms with Crippen LogP contribution in [0.3, 0.4) is 0 Å². The molecule has 29 heavy (non-hydrogen) atoms. The molecule has 1 heterocycles. The molecule has 1 aromatic heterocycles. The smallest absolute Gasteiger partial charge is 0.267 e. The number of fused-ring (bicyclic) bond motifs is 1. The molecule has 0 bridgehead atoms. The number of amides is 1. The van der Waals surface area contributed by atoms with Gasteiger partial charge in [-0.2, -0.15) is 5.10 Å². The minimum Gasteiger partial charge on any atom is -0.267 e. The van der Waals surface area contributed by atoms with Gasteiger partial charge in [-0.25, -0.2) is 10.4 Å². The van der Waals surface area contributed by atoms with Crippen LogP contribution in [0.1, 0.15) is 21.5 Å². The highest BCUT2D eigenvalue weighted by molar-refractivity contribution is 6.30. The fourth-order valence-electron chi connectivity index (χ4n) is 3.01. The van der Waals surface area contributed by atoms with Gasteiger partial charge in [0.15, 0.2) is 0 Å². The highest BCUT2D eigenvalue weighted by Gasteiger charge is 2.13. The maximum Gasteiger partial charge on any atom is 0.272 e. The van der Waals surface area contributed by atoms with Gasteiger partial charge in [-0.1, -0.05) is 71.8 Å². The van der Waals surface area contributed by atoms with Gasteiger partial charge in [0, 0.05) is 16.0 Å². The maximum absolute atomic E-state index is 12.9. The molecule has 0 aliphatic carbocycles. The van der Waals surface area contributed by atoms with Crippen LogP contribution in [-0.2, 0) is 0 Å². The number of nitrogens with zero attached hydrogens (tertiary/aromatic N) is 2. The number of aryl methyl sites for hydroxylation is 1. The Morgan fingerprint density at radius 2 is 1.72 bits per heavy atom. The predicted molar refractivity (Wildman–Crippen MR) is 118 cm³/mol. The fourth-order valence-corrected chi connectivity index (χ4v) is 3.14. The van der Waals surface area contributed by atoms with Crippen molar-refractivity contribution in [3.05, 3.63) is 101 Å². The zero-order valence-electron chi connectivity index (χ0n) is 15.8. The Morgan fingerprint density at radius 3 is 2.48 bits per heavy atom. The van der Waals surface area contributed by atoms with Crippen molar-refractivity contribution in [3.8, 4) is 11.3 Å². The summed E-state index contributed by atoms with van der Waals surface area (Å²) in [5.41, 5.74) is 7.56. The Kier molecular flexibility index (Phi) is 5.36. The van der Waals surface area contributed by atoms with Crippen LogP contribution in [-0.4, -0.2) is 17.1 Å². The van der Waals surface area contributed by atoms with E-state index >= 15 is 0 Å². The third-order valence-electron chi connectivity index (χ3n) is 4.56. The van der Waals surface area contributed by atoms with Crippen LogP contribution in [0.2, 0.25) is 5.02 Å². The Labute approximate surface area is 173 Å². The average molecular weight is 400 g/mol. The lowest BCUT2D eigenvalue weighted by atomic mass is 10.0. The van der Waals surface area contributed by atoms with Gasteiger partial charge >= 0.3 is 0 Å². The molecule has 0 atom stereocenters. The van der Waals surface area contributed by atoms with Crippen molar-refractivity contribution in [2.45, 2.75) is 6.92 Å². The number of halogens is 1. The highest BCUT2D eigenvalue weighted by atomic mass is 35.5. The summed E-state index contributed by atoms with van der Waals surface area (Å²) in [6.07, 6.45) is 1.63. The fraction of sp³-hybridized carbons (Fsp3) is 0.0417. The van der Waals surface area contributed by atoms with E-state index in [1.54, 1.807) is 24.4 Å². The first kappa shape index (κ1) is 18.8. The predicted octanol–water partition coefficient (Wildman–Crippen LogP) is 5.63. The standard InChI is InChI=1S/C24H18ClN3O/c1-16-6-8-17(9-7-16)15-26-28-24(29)21-14-23(18-10-12-19(25)13-11-18)27-22-5-3-2-4-20(21)22/h2-15H,1H3,(H,28,29)/b26-15+. The summed E-state index contributed by atoms with van der Waals surface area (Å²) >= 11 is 5.99. The third kappa shape index (κ3) is 4.33. The van der Waals surface area contributed by atoms with Crippen LogP contribution in [0, 0.1) is 6.92 Å². The number of rotatable bonds is 4. The van der Waals surface area contributed by atoms with Crippen LogP contribution < -0.4 is 5.43 Å². The largest absolute Gasteiger partial charge is 0.272 e. The number of hydrogen-bond acceptors (Lipinski definition) is 3. The van der Waals surface area contributed by atoms with Gasteiger partial charge in [0.2, 0.25) is 0 Å². The van der Waals surface area contributed by atoms with Crippen molar-refractivity contribution < 1.29 is 4.79 Å². The molecule has 0 aliphatic heterocycles. The number of nitrogens with one attached hydrogen (secondary N) is 1. The van der Waals surface area contributed by atoms with Gasteiger partial charge in [0.05, 0.1) is 23.0 Å². The van der Waals surface area contributed by atoms with Gasteiger partial charge in [0.25, 0.3) is 5.91 Å². The molecule has 5 heteroatoms. The van der Waals surface area contributed by atoms with Gasteiger partial charge < -0.3 is 0 Å². The van der Waals surface area contributed by atoms with E-state index in [9.17, 15) is 4.79 Å². The maximum atomic E-state index is 12.9. The van der Waals surface area contributed by atoms with Crippen molar-refractivity contribution in [2.75, 3.05) is 0 Å². The van der Waals surface area contributed by atoms with E-state index in [2.05, 4.69) is 10.5 Å². The Morgan fingerprint density at radius 1 is 1.00 bits per heavy atom. The van der Waals surface area contributed by atoms with E-state index in [1.165, 1.54) is 5.56 Å². The van der Waals surface area contributed by atoms with Gasteiger partial charge in [-0.05, 0) is 36.8 Å². The second-order valence-electron chi connectivity index (χ2n) is 6.69. The number of benzene rings is 3. The van der Waals surface area contributed by atoms with Gasteiger partial charge in [-0.3, -0.25) is 4.79 Å². The lowest BCUT2D eigenvalue weighted by Gasteiger charge is -2.09. The molecule has 4 aromatic rings. The normalized spacial score (nSPS) is 11.1. The van der Waals surface area contributed by atoms with E-state index in [1.807, 2.05) is 67.6 Å². The van der Waals surface area contributed by atoms with Gasteiger partial charge in [-0.15, -0.1) is 0 Å². The Hall–Kier alpha value is -3.50. The minimum atomic E-state index is -0.290. The molecule has 0 saturated heterocycles. The molecular weight excluding hydrogens is 382 g/mol. The summed E-state index contributed by atoms with van der Waals surface area (Å²) in [6.45, 7) is 2.02. The molecule has 0 spiro atoms. The van der Waals surface area contributed by atoms with Crippen molar-refractivity contribution >= 4 is 34.6 Å². The third-order valence-corrected chi connectivity index (χ3v) is 4.81. The lowest BCUT2D eigenvalue weighted by molar-refractivity contribution is 0.0956. The molecule has 0 saturated carbocycles. The molecular formula is C24H18ClN3O. The number of hydrogen-bond donors (Lipinski definition) is 1. The first-order chi connectivity index (χ1) is 14.1. The van der Waals surface area contributed by atoms with E-state index in [0.29, 0.717) is 16.3 Å². The topological polar surface area (TPSA) is 54.4 Å². The van der Waals surface area contributed by atoms with Crippen molar-refractivity contribution in [3.63, 3.8) is 0 Å². The minimum absolute atomic E-state index is 0.290. The van der Waals surface area contributed by atoms with Crippen LogP contribution >= 0.6 is 11.6 Å². The van der Waals surface area contributed by atoms with Crippen LogP contribution in [0.15, 0.2) is 84.0 Å². The summed E-state index contributed by atoms with van der Waals surface area (Å²) in [5, 5.41) is 5.53. The molecule has 0 unspecified atom stereocenters. The lowest BCUT2D eigenvalue weighted by Crippen LogP contribution is -2.18. The molecule has 142 valence electrons. The molecule has 0 fully saturated rings. The van der Waals surface area contributed by atoms with Crippen molar-refractivity contribution in [1.82, 2.24) is 10.4 Å². The Balaban J connectivity index is 1.67. The number of para-hydroxylation sites is 1. The van der Waals surface area contributed by atoms with Crippen molar-refractivity contribution in [2.24, 2.45) is 5.10 Å². The summed E-state index contributed by atoms with van der Waals surface area (Å²) in [5.74, 6) is -0.290. The van der Waals surface area contributed by atoms with Crippen LogP contribution in [0.4, 0.5) is 0 Å². The average Bonchev–Trinajstić information content (AvgIpc) is 2.75. The molecule has 1 N–H and O–H groups in total. The summed E-state index contributed by atoms with van der Waals surface area (Å²) < 4.78 is 0. The van der Waals surface area contributed by atoms with Crippen LogP contribution in [0.5, 0.6) is 0 Å². The van der Waals surface area contributed by atoms with E-state index in [-0.39, 0.29) is 5.91 Å². The van der Waals surface area contributed by atoms with E-state index in [0.717, 1.165) is 22.0 Å². The SMILES string of the molecule is Cc1ccc(/C=N/NC(=O)c2cc(-c3ccc(Cl)cc3)nc3ccccc23)cc1. The highest BCUT2D eigenvalue weighted by Crippen LogP contribution is 2.26. The number of aromatic nitrogens is 1. The Bertz CT molecular complexity index is 1200. The number of hydrazone groups is 1. The monoisotopic (exact) mass is 399 g/mol. The molecule has 0 aliphatic rings. The quantitative estimate of drug-likeness (QED) is 0.357. The van der Waals surface area contributed by atoms with Crippen molar-refractivity contribution in [1.29, 1.82) is 0 Å².